The molecule has 2 rings (SSSR count). The van der Waals surface area contributed by atoms with Crippen LogP contribution in [0, 0.1) is 10.1 Å². The van der Waals surface area contributed by atoms with Crippen molar-refractivity contribution in [3.63, 3.8) is 0 Å². The lowest BCUT2D eigenvalue weighted by atomic mass is 10.0. The van der Waals surface area contributed by atoms with Gasteiger partial charge < -0.3 is 14.8 Å². The minimum atomic E-state index is -0.631. The third-order valence-corrected chi connectivity index (χ3v) is 3.96. The first-order chi connectivity index (χ1) is 14.4. The van der Waals surface area contributed by atoms with Gasteiger partial charge in [0.05, 0.1) is 37.3 Å². The number of amides is 2. The number of nitro benzene ring substituents is 1. The van der Waals surface area contributed by atoms with Gasteiger partial charge >= 0.3 is 11.8 Å². The molecule has 0 aliphatic carbocycles. The van der Waals surface area contributed by atoms with E-state index in [4.69, 9.17) is 9.47 Å². The van der Waals surface area contributed by atoms with Gasteiger partial charge in [0.1, 0.15) is 0 Å². The van der Waals surface area contributed by atoms with Crippen LogP contribution in [0.25, 0.3) is 0 Å². The molecule has 0 aliphatic heterocycles. The molecule has 0 aliphatic rings. The lowest BCUT2D eigenvalue weighted by Gasteiger charge is -2.18. The number of ether oxygens (including phenoxy) is 2. The van der Waals surface area contributed by atoms with E-state index in [1.54, 1.807) is 37.3 Å². The fourth-order valence-electron chi connectivity index (χ4n) is 2.59. The summed E-state index contributed by atoms with van der Waals surface area (Å²) < 4.78 is 9.83. The first kappa shape index (κ1) is 22.3. The standard InChI is InChI=1S/C20H22N4O6/c1-3-30-20(26)22-16(15-7-5-4-6-8-15)12-19(25)23-21-13-14-9-10-18(29-2)17(11-14)24(27)28/h4-11,13,16H,3,12H2,1-2H3,(H,22,26)(H,23,25)/b21-13-/t16-/m0/s1. The number of nitro groups is 1. The summed E-state index contributed by atoms with van der Waals surface area (Å²) in [6.45, 7) is 1.89. The minimum absolute atomic E-state index is 0.0804. The largest absolute Gasteiger partial charge is 0.490 e. The van der Waals surface area contributed by atoms with Crippen LogP contribution in [0.3, 0.4) is 0 Å². The van der Waals surface area contributed by atoms with Gasteiger partial charge in [-0.05, 0) is 24.6 Å². The molecule has 2 aromatic carbocycles. The third-order valence-electron chi connectivity index (χ3n) is 3.96. The normalized spacial score (nSPS) is 11.5. The number of rotatable bonds is 9. The minimum Gasteiger partial charge on any atom is -0.490 e. The second-order valence-corrected chi connectivity index (χ2v) is 6.01. The van der Waals surface area contributed by atoms with Crippen LogP contribution in [0.2, 0.25) is 0 Å². The van der Waals surface area contributed by atoms with Crippen LogP contribution >= 0.6 is 0 Å². The number of nitrogens with one attached hydrogen (secondary N) is 2. The van der Waals surface area contributed by atoms with Gasteiger partial charge in [-0.15, -0.1) is 0 Å². The summed E-state index contributed by atoms with van der Waals surface area (Å²) in [5.41, 5.74) is 3.28. The zero-order chi connectivity index (χ0) is 21.9. The summed E-state index contributed by atoms with van der Waals surface area (Å²) in [5.74, 6) is -0.336. The van der Waals surface area contributed by atoms with Crippen LogP contribution in [-0.4, -0.2) is 36.9 Å². The molecule has 0 unspecified atom stereocenters. The molecule has 10 heteroatoms. The molecule has 0 bridgehead atoms. The van der Waals surface area contributed by atoms with E-state index < -0.39 is 23.0 Å². The monoisotopic (exact) mass is 414 g/mol. The Morgan fingerprint density at radius 1 is 1.23 bits per heavy atom. The Morgan fingerprint density at radius 2 is 1.97 bits per heavy atom. The topological polar surface area (TPSA) is 132 Å². The number of hydrazone groups is 1. The van der Waals surface area contributed by atoms with Gasteiger partial charge in [0.2, 0.25) is 5.91 Å². The maximum Gasteiger partial charge on any atom is 0.407 e. The Morgan fingerprint density at radius 3 is 2.60 bits per heavy atom. The Labute approximate surface area is 173 Å². The molecule has 2 N–H and O–H groups in total. The van der Waals surface area contributed by atoms with Crippen LogP contribution in [0.5, 0.6) is 5.75 Å². The van der Waals surface area contributed by atoms with Crippen molar-refractivity contribution < 1.29 is 24.0 Å². The summed E-state index contributed by atoms with van der Waals surface area (Å²) in [6.07, 6.45) is 0.567. The van der Waals surface area contributed by atoms with E-state index in [2.05, 4.69) is 15.8 Å². The molecular formula is C20H22N4O6. The predicted octanol–water partition coefficient (Wildman–Crippen LogP) is 2.93. The fraction of sp³-hybridized carbons (Fsp3) is 0.250. The SMILES string of the molecule is CCOC(=O)N[C@@H](CC(=O)N/N=C\c1ccc(OC)c([N+](=O)[O-])c1)c1ccccc1. The number of carbonyl (C=O) groups excluding carboxylic acids is 2. The van der Waals surface area contributed by atoms with Crippen molar-refractivity contribution >= 4 is 23.9 Å². The molecule has 158 valence electrons. The zero-order valence-corrected chi connectivity index (χ0v) is 16.5. The Bertz CT molecular complexity index is 917. The van der Waals surface area contributed by atoms with Crippen LogP contribution in [0.1, 0.15) is 30.5 Å². The average molecular weight is 414 g/mol. The first-order valence-electron chi connectivity index (χ1n) is 9.07. The van der Waals surface area contributed by atoms with E-state index in [0.29, 0.717) is 5.56 Å². The molecule has 2 amide bonds. The highest BCUT2D eigenvalue weighted by Gasteiger charge is 2.19. The van der Waals surface area contributed by atoms with E-state index in [1.165, 1.54) is 25.5 Å². The lowest BCUT2D eigenvalue weighted by Crippen LogP contribution is -2.33. The van der Waals surface area contributed by atoms with E-state index in [-0.39, 0.29) is 24.5 Å². The molecule has 0 heterocycles. The number of benzene rings is 2. The Balaban J connectivity index is 2.04. The lowest BCUT2D eigenvalue weighted by molar-refractivity contribution is -0.385. The van der Waals surface area contributed by atoms with E-state index in [0.717, 1.165) is 5.56 Å². The predicted molar refractivity (Wildman–Crippen MR) is 109 cm³/mol. The van der Waals surface area contributed by atoms with Gasteiger partial charge in [-0.2, -0.15) is 5.10 Å². The maximum absolute atomic E-state index is 12.3. The van der Waals surface area contributed by atoms with Crippen molar-refractivity contribution in [2.75, 3.05) is 13.7 Å². The van der Waals surface area contributed by atoms with Crippen molar-refractivity contribution in [3.8, 4) is 5.75 Å². The van der Waals surface area contributed by atoms with E-state index >= 15 is 0 Å². The van der Waals surface area contributed by atoms with Crippen LogP contribution in [-0.2, 0) is 9.53 Å². The third kappa shape index (κ3) is 6.59. The second-order valence-electron chi connectivity index (χ2n) is 6.01. The van der Waals surface area contributed by atoms with Crippen molar-refractivity contribution in [2.45, 2.75) is 19.4 Å². The number of hydrogen-bond acceptors (Lipinski definition) is 7. The molecule has 0 saturated carbocycles. The summed E-state index contributed by atoms with van der Waals surface area (Å²) in [6, 6.07) is 12.7. The van der Waals surface area contributed by atoms with Gasteiger partial charge in [0.15, 0.2) is 5.75 Å². The average Bonchev–Trinajstić information content (AvgIpc) is 2.74. The molecular weight excluding hydrogens is 392 g/mol. The van der Waals surface area contributed by atoms with Crippen molar-refractivity contribution in [2.24, 2.45) is 5.10 Å². The van der Waals surface area contributed by atoms with Crippen LogP contribution in [0.15, 0.2) is 53.6 Å². The summed E-state index contributed by atoms with van der Waals surface area (Å²) in [4.78, 5) is 34.6. The van der Waals surface area contributed by atoms with Crippen LogP contribution in [0.4, 0.5) is 10.5 Å². The molecule has 1 atom stereocenters. The van der Waals surface area contributed by atoms with E-state index in [1.807, 2.05) is 6.07 Å². The summed E-state index contributed by atoms with van der Waals surface area (Å²) >= 11 is 0. The van der Waals surface area contributed by atoms with Gasteiger partial charge in [0.25, 0.3) is 0 Å². The Kier molecular flexibility index (Phi) is 8.30. The zero-order valence-electron chi connectivity index (χ0n) is 16.5. The highest BCUT2D eigenvalue weighted by molar-refractivity contribution is 5.84. The first-order valence-corrected chi connectivity index (χ1v) is 9.07. The quantitative estimate of drug-likeness (QED) is 0.368. The smallest absolute Gasteiger partial charge is 0.407 e. The Hall–Kier alpha value is -3.95. The van der Waals surface area contributed by atoms with Gasteiger partial charge in [0, 0.05) is 11.6 Å². The number of nitrogens with zero attached hydrogens (tertiary/aromatic N) is 2. The van der Waals surface area contributed by atoms with Gasteiger partial charge in [-0.25, -0.2) is 10.2 Å². The summed E-state index contributed by atoms with van der Waals surface area (Å²) in [7, 11) is 1.34. The molecule has 0 aromatic heterocycles. The highest BCUT2D eigenvalue weighted by Crippen LogP contribution is 2.26. The molecule has 0 spiro atoms. The molecule has 30 heavy (non-hydrogen) atoms. The molecule has 2 aromatic rings. The van der Waals surface area contributed by atoms with Crippen molar-refractivity contribution in [1.82, 2.24) is 10.7 Å². The number of methoxy groups -OCH3 is 1. The fourth-order valence-corrected chi connectivity index (χ4v) is 2.59. The van der Waals surface area contributed by atoms with Gasteiger partial charge in [-0.3, -0.25) is 14.9 Å². The molecule has 0 radical (unpaired) electrons. The van der Waals surface area contributed by atoms with Gasteiger partial charge in [-0.1, -0.05) is 30.3 Å². The molecule has 10 nitrogen and oxygen atoms in total. The van der Waals surface area contributed by atoms with E-state index in [9.17, 15) is 19.7 Å². The number of hydrogen-bond donors (Lipinski definition) is 2. The van der Waals surface area contributed by atoms with Crippen molar-refractivity contribution in [3.05, 3.63) is 69.8 Å². The van der Waals surface area contributed by atoms with Crippen LogP contribution < -0.4 is 15.5 Å². The number of carbonyl (C=O) groups is 2. The number of alkyl carbamates (subject to hydrolysis) is 1. The van der Waals surface area contributed by atoms with Crippen molar-refractivity contribution in [1.29, 1.82) is 0 Å². The highest BCUT2D eigenvalue weighted by atomic mass is 16.6. The summed E-state index contributed by atoms with van der Waals surface area (Å²) in [5, 5.41) is 17.5. The maximum atomic E-state index is 12.3. The molecule has 0 fully saturated rings. The second kappa shape index (κ2) is 11.1. The molecule has 0 saturated heterocycles.